The Bertz CT molecular complexity index is 564. The first-order chi connectivity index (χ1) is 9.72. The number of rotatable bonds is 4. The van der Waals surface area contributed by atoms with Crippen LogP contribution in [0.4, 0.5) is 10.2 Å². The summed E-state index contributed by atoms with van der Waals surface area (Å²) in [5.41, 5.74) is 1.11. The fraction of sp³-hybridized carbons (Fsp3) is 0.400. The van der Waals surface area contributed by atoms with E-state index in [2.05, 4.69) is 22.7 Å². The van der Waals surface area contributed by atoms with Crippen LogP contribution in [0.25, 0.3) is 0 Å². The predicted molar refractivity (Wildman–Crippen MR) is 77.0 cm³/mol. The van der Waals surface area contributed by atoms with Crippen molar-refractivity contribution in [3.8, 4) is 0 Å². The van der Waals surface area contributed by atoms with Crippen molar-refractivity contribution in [2.75, 3.05) is 18.4 Å². The molecular weight excluding hydrogens is 255 g/mol. The maximum absolute atomic E-state index is 12.9. The Balaban J connectivity index is 1.54. The van der Waals surface area contributed by atoms with Gasteiger partial charge in [0.05, 0.1) is 6.20 Å². The molecule has 2 aromatic rings. The highest BCUT2D eigenvalue weighted by molar-refractivity contribution is 5.35. The quantitative estimate of drug-likeness (QED) is 0.899. The number of aromatic nitrogens is 2. The molecule has 1 aromatic carbocycles. The molecule has 4 nitrogen and oxygen atoms in total. The molecular formula is C15H19FN4. The lowest BCUT2D eigenvalue weighted by atomic mass is 10.1. The number of hydrogen-bond acceptors (Lipinski definition) is 3. The fourth-order valence-corrected chi connectivity index (χ4v) is 2.54. The normalized spacial score (nSPS) is 19.2. The van der Waals surface area contributed by atoms with Gasteiger partial charge in [-0.3, -0.25) is 0 Å². The van der Waals surface area contributed by atoms with Gasteiger partial charge < -0.3 is 10.6 Å². The van der Waals surface area contributed by atoms with Crippen molar-refractivity contribution in [3.05, 3.63) is 47.9 Å². The van der Waals surface area contributed by atoms with Gasteiger partial charge in [-0.15, -0.1) is 0 Å². The highest BCUT2D eigenvalue weighted by atomic mass is 19.1. The summed E-state index contributed by atoms with van der Waals surface area (Å²) < 4.78 is 14.9. The molecule has 0 fully saturated rings. The first-order valence-corrected chi connectivity index (χ1v) is 6.97. The van der Waals surface area contributed by atoms with Gasteiger partial charge in [0.15, 0.2) is 0 Å². The molecule has 0 unspecified atom stereocenters. The Morgan fingerprint density at radius 3 is 3.00 bits per heavy atom. The third kappa shape index (κ3) is 2.82. The molecule has 106 valence electrons. The molecule has 0 aliphatic carbocycles. The van der Waals surface area contributed by atoms with E-state index in [-0.39, 0.29) is 11.9 Å². The van der Waals surface area contributed by atoms with E-state index in [9.17, 15) is 4.39 Å². The van der Waals surface area contributed by atoms with Crippen molar-refractivity contribution in [1.29, 1.82) is 0 Å². The van der Waals surface area contributed by atoms with E-state index in [1.165, 1.54) is 12.1 Å². The lowest BCUT2D eigenvalue weighted by Gasteiger charge is -2.26. The van der Waals surface area contributed by atoms with Gasteiger partial charge in [-0.05, 0) is 24.6 Å². The van der Waals surface area contributed by atoms with Crippen molar-refractivity contribution in [2.24, 2.45) is 5.92 Å². The Morgan fingerprint density at radius 1 is 1.40 bits per heavy atom. The standard InChI is InChI=1S/C15H19FN4/c1-11(13-2-4-14(16)5-3-13)17-8-12-9-18-15-6-7-19-20(15)10-12/h2-7,11-12,17-18H,8-10H2,1H3/t11-,12-/m0/s1. The van der Waals surface area contributed by atoms with E-state index in [1.807, 2.05) is 29.1 Å². The van der Waals surface area contributed by atoms with Gasteiger partial charge in [-0.1, -0.05) is 12.1 Å². The maximum Gasteiger partial charge on any atom is 0.124 e. The van der Waals surface area contributed by atoms with Crippen LogP contribution in [0.15, 0.2) is 36.5 Å². The van der Waals surface area contributed by atoms with Crippen LogP contribution in [0.2, 0.25) is 0 Å². The minimum atomic E-state index is -0.191. The van der Waals surface area contributed by atoms with Crippen molar-refractivity contribution in [2.45, 2.75) is 19.5 Å². The van der Waals surface area contributed by atoms with Crippen LogP contribution < -0.4 is 10.6 Å². The fourth-order valence-electron chi connectivity index (χ4n) is 2.54. The van der Waals surface area contributed by atoms with Crippen LogP contribution in [0.5, 0.6) is 0 Å². The molecule has 1 aromatic heterocycles. The molecule has 0 amide bonds. The van der Waals surface area contributed by atoms with Crippen LogP contribution in [0, 0.1) is 11.7 Å². The second-order valence-electron chi connectivity index (χ2n) is 5.33. The number of benzene rings is 1. The average molecular weight is 274 g/mol. The highest BCUT2D eigenvalue weighted by Gasteiger charge is 2.18. The third-order valence-corrected chi connectivity index (χ3v) is 3.80. The van der Waals surface area contributed by atoms with Crippen molar-refractivity contribution in [1.82, 2.24) is 15.1 Å². The minimum absolute atomic E-state index is 0.191. The molecule has 1 aliphatic rings. The average Bonchev–Trinajstić information content (AvgIpc) is 2.93. The highest BCUT2D eigenvalue weighted by Crippen LogP contribution is 2.17. The molecule has 0 radical (unpaired) electrons. The monoisotopic (exact) mass is 274 g/mol. The maximum atomic E-state index is 12.9. The zero-order valence-electron chi connectivity index (χ0n) is 11.5. The molecule has 3 rings (SSSR count). The zero-order valence-corrected chi connectivity index (χ0v) is 11.5. The molecule has 2 heterocycles. The molecule has 0 saturated heterocycles. The topological polar surface area (TPSA) is 41.9 Å². The summed E-state index contributed by atoms with van der Waals surface area (Å²) in [5.74, 6) is 1.40. The Hall–Kier alpha value is -1.88. The van der Waals surface area contributed by atoms with E-state index >= 15 is 0 Å². The Kier molecular flexibility index (Phi) is 3.69. The van der Waals surface area contributed by atoms with E-state index < -0.39 is 0 Å². The second kappa shape index (κ2) is 5.63. The first-order valence-electron chi connectivity index (χ1n) is 6.97. The summed E-state index contributed by atoms with van der Waals surface area (Å²) in [6, 6.07) is 8.88. The minimum Gasteiger partial charge on any atom is -0.370 e. The predicted octanol–water partition coefficient (Wildman–Crippen LogP) is 2.41. The lowest BCUT2D eigenvalue weighted by molar-refractivity contribution is 0.376. The van der Waals surface area contributed by atoms with Crippen LogP contribution in [0.1, 0.15) is 18.5 Å². The van der Waals surface area contributed by atoms with Crippen molar-refractivity contribution in [3.63, 3.8) is 0 Å². The van der Waals surface area contributed by atoms with Crippen LogP contribution in [0.3, 0.4) is 0 Å². The van der Waals surface area contributed by atoms with Crippen LogP contribution in [-0.2, 0) is 6.54 Å². The summed E-state index contributed by atoms with van der Waals surface area (Å²) in [7, 11) is 0. The molecule has 0 spiro atoms. The van der Waals surface area contributed by atoms with Gasteiger partial charge in [-0.25, -0.2) is 9.07 Å². The molecule has 1 aliphatic heterocycles. The van der Waals surface area contributed by atoms with E-state index in [1.54, 1.807) is 0 Å². The number of anilines is 1. The molecule has 2 N–H and O–H groups in total. The summed E-state index contributed by atoms with van der Waals surface area (Å²) in [5, 5.41) is 11.2. The summed E-state index contributed by atoms with van der Waals surface area (Å²) >= 11 is 0. The van der Waals surface area contributed by atoms with Crippen LogP contribution >= 0.6 is 0 Å². The number of fused-ring (bicyclic) bond motifs is 1. The van der Waals surface area contributed by atoms with Gasteiger partial charge in [-0.2, -0.15) is 5.10 Å². The van der Waals surface area contributed by atoms with E-state index in [0.29, 0.717) is 5.92 Å². The first kappa shape index (κ1) is 13.1. The second-order valence-corrected chi connectivity index (χ2v) is 5.33. The molecule has 20 heavy (non-hydrogen) atoms. The summed E-state index contributed by atoms with van der Waals surface area (Å²) in [6.45, 7) is 4.89. The van der Waals surface area contributed by atoms with E-state index in [0.717, 1.165) is 31.0 Å². The Morgan fingerprint density at radius 2 is 2.20 bits per heavy atom. The van der Waals surface area contributed by atoms with Crippen molar-refractivity contribution >= 4 is 5.82 Å². The number of nitrogens with one attached hydrogen (secondary N) is 2. The van der Waals surface area contributed by atoms with Gasteiger partial charge in [0, 0.05) is 37.7 Å². The van der Waals surface area contributed by atoms with Crippen molar-refractivity contribution < 1.29 is 4.39 Å². The van der Waals surface area contributed by atoms with Gasteiger partial charge >= 0.3 is 0 Å². The van der Waals surface area contributed by atoms with E-state index in [4.69, 9.17) is 0 Å². The van der Waals surface area contributed by atoms with Gasteiger partial charge in [0.2, 0.25) is 0 Å². The molecule has 0 saturated carbocycles. The largest absolute Gasteiger partial charge is 0.370 e. The summed E-state index contributed by atoms with van der Waals surface area (Å²) in [6.07, 6.45) is 1.82. The molecule has 0 bridgehead atoms. The zero-order chi connectivity index (χ0) is 13.9. The van der Waals surface area contributed by atoms with Crippen LogP contribution in [-0.4, -0.2) is 22.9 Å². The summed E-state index contributed by atoms with van der Waals surface area (Å²) in [4.78, 5) is 0. The van der Waals surface area contributed by atoms with Gasteiger partial charge in [0.25, 0.3) is 0 Å². The number of hydrogen-bond donors (Lipinski definition) is 2. The van der Waals surface area contributed by atoms with Gasteiger partial charge in [0.1, 0.15) is 11.6 Å². The molecule has 2 atom stereocenters. The SMILES string of the molecule is C[C@H](NC[C@H]1CNc2ccnn2C1)c1ccc(F)cc1. The Labute approximate surface area is 118 Å². The lowest BCUT2D eigenvalue weighted by Crippen LogP contribution is -2.36. The number of halogens is 1. The third-order valence-electron chi connectivity index (χ3n) is 3.80. The number of nitrogens with zero attached hydrogens (tertiary/aromatic N) is 2. The molecule has 5 heteroatoms. The smallest absolute Gasteiger partial charge is 0.124 e.